The van der Waals surface area contributed by atoms with Gasteiger partial charge in [-0.25, -0.2) is 4.98 Å². The summed E-state index contributed by atoms with van der Waals surface area (Å²) >= 11 is 2.82. The molecule has 1 aliphatic carbocycles. The molecule has 1 saturated heterocycles. The number of amides is 1. The van der Waals surface area contributed by atoms with E-state index in [0.717, 1.165) is 53.8 Å². The van der Waals surface area contributed by atoms with Crippen LogP contribution in [0.15, 0.2) is 45.7 Å². The molecule has 1 N–H and O–H groups in total. The SMILES string of the molecule is O=C(CSc1nc2scc(C3CC3)c2c(=O)n1-c1ccccc1)NC[C@@H]1CCCO1. The Morgan fingerprint density at radius 3 is 2.83 bits per heavy atom. The van der Waals surface area contributed by atoms with Crippen LogP contribution >= 0.6 is 23.1 Å². The van der Waals surface area contributed by atoms with Crippen LogP contribution in [0.25, 0.3) is 15.9 Å². The van der Waals surface area contributed by atoms with Crippen molar-refractivity contribution in [2.45, 2.75) is 42.9 Å². The summed E-state index contributed by atoms with van der Waals surface area (Å²) in [6.07, 6.45) is 4.42. The van der Waals surface area contributed by atoms with Crippen molar-refractivity contribution in [3.63, 3.8) is 0 Å². The second-order valence-corrected chi connectivity index (χ2v) is 9.54. The van der Waals surface area contributed by atoms with Gasteiger partial charge in [0.2, 0.25) is 5.91 Å². The summed E-state index contributed by atoms with van der Waals surface area (Å²) in [6, 6.07) is 9.54. The highest BCUT2D eigenvalue weighted by atomic mass is 32.2. The predicted molar refractivity (Wildman–Crippen MR) is 120 cm³/mol. The minimum atomic E-state index is -0.0747. The zero-order valence-electron chi connectivity index (χ0n) is 16.5. The molecule has 1 aromatic carbocycles. The van der Waals surface area contributed by atoms with E-state index in [9.17, 15) is 9.59 Å². The number of benzene rings is 1. The molecule has 3 heterocycles. The maximum absolute atomic E-state index is 13.5. The zero-order chi connectivity index (χ0) is 20.5. The fourth-order valence-electron chi connectivity index (χ4n) is 3.80. The number of aromatic nitrogens is 2. The van der Waals surface area contributed by atoms with Gasteiger partial charge in [-0.2, -0.15) is 0 Å². The molecule has 2 fully saturated rings. The number of nitrogens with one attached hydrogen (secondary N) is 1. The number of hydrogen-bond acceptors (Lipinski definition) is 6. The third kappa shape index (κ3) is 4.04. The summed E-state index contributed by atoms with van der Waals surface area (Å²) in [5.74, 6) is 0.618. The van der Waals surface area contributed by atoms with Crippen molar-refractivity contribution in [2.75, 3.05) is 18.9 Å². The van der Waals surface area contributed by atoms with E-state index in [0.29, 0.717) is 17.6 Å². The Morgan fingerprint density at radius 1 is 1.27 bits per heavy atom. The summed E-state index contributed by atoms with van der Waals surface area (Å²) in [5.41, 5.74) is 1.85. The maximum atomic E-state index is 13.5. The molecule has 2 aliphatic rings. The number of thiophene rings is 1. The largest absolute Gasteiger partial charge is 0.376 e. The average molecular weight is 442 g/mol. The van der Waals surface area contributed by atoms with Crippen molar-refractivity contribution in [1.82, 2.24) is 14.9 Å². The molecule has 8 heteroatoms. The predicted octanol–water partition coefficient (Wildman–Crippen LogP) is 3.71. The molecular weight excluding hydrogens is 418 g/mol. The molecule has 5 rings (SSSR count). The lowest BCUT2D eigenvalue weighted by Crippen LogP contribution is -2.33. The molecule has 0 bridgehead atoms. The quantitative estimate of drug-likeness (QED) is 0.447. The molecule has 2 aromatic heterocycles. The van der Waals surface area contributed by atoms with E-state index >= 15 is 0 Å². The van der Waals surface area contributed by atoms with E-state index in [4.69, 9.17) is 9.72 Å². The molecule has 3 aromatic rings. The number of rotatable bonds is 7. The van der Waals surface area contributed by atoms with Crippen LogP contribution in [-0.2, 0) is 9.53 Å². The molecule has 0 radical (unpaired) electrons. The number of ether oxygens (including phenoxy) is 1. The minimum Gasteiger partial charge on any atom is -0.376 e. The van der Waals surface area contributed by atoms with Crippen molar-refractivity contribution >= 4 is 39.2 Å². The third-order valence-corrected chi connectivity index (χ3v) is 7.35. The second-order valence-electron chi connectivity index (χ2n) is 7.74. The van der Waals surface area contributed by atoms with Crippen LogP contribution in [0.2, 0.25) is 0 Å². The molecule has 0 spiro atoms. The van der Waals surface area contributed by atoms with Gasteiger partial charge in [-0.05, 0) is 54.7 Å². The molecule has 1 saturated carbocycles. The molecule has 0 unspecified atom stereocenters. The molecular formula is C22H23N3O3S2. The maximum Gasteiger partial charge on any atom is 0.267 e. The van der Waals surface area contributed by atoms with Crippen molar-refractivity contribution in [3.05, 3.63) is 51.6 Å². The van der Waals surface area contributed by atoms with Gasteiger partial charge >= 0.3 is 0 Å². The number of thioether (sulfide) groups is 1. The molecule has 1 atom stereocenters. The lowest BCUT2D eigenvalue weighted by molar-refractivity contribution is -0.119. The van der Waals surface area contributed by atoms with Crippen molar-refractivity contribution in [1.29, 1.82) is 0 Å². The average Bonchev–Trinajstić information content (AvgIpc) is 3.30. The highest BCUT2D eigenvalue weighted by Crippen LogP contribution is 2.44. The summed E-state index contributed by atoms with van der Waals surface area (Å²) in [6.45, 7) is 1.30. The summed E-state index contributed by atoms with van der Waals surface area (Å²) < 4.78 is 7.21. The van der Waals surface area contributed by atoms with Crippen molar-refractivity contribution in [3.8, 4) is 5.69 Å². The summed E-state index contributed by atoms with van der Waals surface area (Å²) in [4.78, 5) is 31.4. The van der Waals surface area contributed by atoms with E-state index < -0.39 is 0 Å². The first-order chi connectivity index (χ1) is 14.7. The number of carbonyl (C=O) groups is 1. The van der Waals surface area contributed by atoms with Crippen LogP contribution in [0.5, 0.6) is 0 Å². The lowest BCUT2D eigenvalue weighted by Gasteiger charge is -2.13. The van der Waals surface area contributed by atoms with Gasteiger partial charge in [-0.15, -0.1) is 11.3 Å². The Labute approximate surface area is 182 Å². The van der Waals surface area contributed by atoms with Crippen LogP contribution in [0.3, 0.4) is 0 Å². The molecule has 156 valence electrons. The van der Waals surface area contributed by atoms with E-state index in [2.05, 4.69) is 10.7 Å². The fourth-order valence-corrected chi connectivity index (χ4v) is 5.71. The first kappa shape index (κ1) is 19.8. The van der Waals surface area contributed by atoms with Crippen LogP contribution in [0.1, 0.15) is 37.2 Å². The Balaban J connectivity index is 1.43. The lowest BCUT2D eigenvalue weighted by atomic mass is 10.1. The molecule has 1 amide bonds. The van der Waals surface area contributed by atoms with E-state index in [1.54, 1.807) is 4.57 Å². The molecule has 6 nitrogen and oxygen atoms in total. The third-order valence-electron chi connectivity index (χ3n) is 5.52. The highest BCUT2D eigenvalue weighted by Gasteiger charge is 2.29. The van der Waals surface area contributed by atoms with E-state index in [1.807, 2.05) is 30.3 Å². The van der Waals surface area contributed by atoms with Crippen molar-refractivity contribution < 1.29 is 9.53 Å². The van der Waals surface area contributed by atoms with Gasteiger partial charge in [0.15, 0.2) is 5.16 Å². The first-order valence-electron chi connectivity index (χ1n) is 10.3. The summed E-state index contributed by atoms with van der Waals surface area (Å²) in [5, 5.41) is 6.30. The minimum absolute atomic E-state index is 0.0448. The summed E-state index contributed by atoms with van der Waals surface area (Å²) in [7, 11) is 0. The van der Waals surface area contributed by atoms with E-state index in [1.165, 1.54) is 23.1 Å². The van der Waals surface area contributed by atoms with Gasteiger partial charge in [0.25, 0.3) is 5.56 Å². The number of para-hydroxylation sites is 1. The topological polar surface area (TPSA) is 73.2 Å². The van der Waals surface area contributed by atoms with E-state index in [-0.39, 0.29) is 23.3 Å². The van der Waals surface area contributed by atoms with Gasteiger partial charge in [-0.3, -0.25) is 14.2 Å². The van der Waals surface area contributed by atoms with Gasteiger partial charge < -0.3 is 10.1 Å². The smallest absolute Gasteiger partial charge is 0.267 e. The van der Waals surface area contributed by atoms with Gasteiger partial charge in [0, 0.05) is 13.2 Å². The van der Waals surface area contributed by atoms with Gasteiger partial charge in [0.05, 0.1) is 22.9 Å². The standard InChI is InChI=1S/C22H23N3O3S2/c26-18(23-11-16-7-4-10-28-16)13-30-22-24-20-19(17(12-29-20)14-8-9-14)21(27)25(22)15-5-2-1-3-6-15/h1-3,5-6,12,14,16H,4,7-11,13H2,(H,23,26)/t16-/m0/s1. The van der Waals surface area contributed by atoms with Gasteiger partial charge in [-0.1, -0.05) is 30.0 Å². The molecule has 30 heavy (non-hydrogen) atoms. The van der Waals surface area contributed by atoms with Crippen LogP contribution in [0, 0.1) is 0 Å². The first-order valence-corrected chi connectivity index (χ1v) is 12.2. The monoisotopic (exact) mass is 441 g/mol. The Hall–Kier alpha value is -2.16. The number of carbonyl (C=O) groups excluding carboxylic acids is 1. The number of fused-ring (bicyclic) bond motifs is 1. The van der Waals surface area contributed by atoms with Crippen LogP contribution < -0.4 is 10.9 Å². The van der Waals surface area contributed by atoms with Crippen LogP contribution in [-0.4, -0.2) is 40.5 Å². The Morgan fingerprint density at radius 2 is 2.10 bits per heavy atom. The second kappa shape index (κ2) is 8.53. The highest BCUT2D eigenvalue weighted by molar-refractivity contribution is 7.99. The Bertz CT molecular complexity index is 1120. The number of nitrogens with zero attached hydrogens (tertiary/aromatic N) is 2. The Kier molecular flexibility index (Phi) is 5.62. The normalized spacial score (nSPS) is 18.7. The van der Waals surface area contributed by atoms with Crippen LogP contribution in [0.4, 0.5) is 0 Å². The van der Waals surface area contributed by atoms with Gasteiger partial charge in [0.1, 0.15) is 4.83 Å². The van der Waals surface area contributed by atoms with Crippen molar-refractivity contribution in [2.24, 2.45) is 0 Å². The molecule has 1 aliphatic heterocycles. The fraction of sp³-hybridized carbons (Fsp3) is 0.409. The number of hydrogen-bond donors (Lipinski definition) is 1. The zero-order valence-corrected chi connectivity index (χ0v) is 18.1.